The second kappa shape index (κ2) is 6.93. The molecule has 27 heavy (non-hydrogen) atoms. The number of thiophene rings is 1. The van der Waals surface area contributed by atoms with E-state index in [9.17, 15) is 0 Å². The Bertz CT molecular complexity index is 1100. The molecule has 132 valence electrons. The smallest absolute Gasteiger partial charge is 0.162 e. The molecule has 1 aromatic carbocycles. The standard InChI is InChI=1S/C22H18N4S/c1-2-5-19-18(4-1)22(25-21(24-19)17-7-11-23-12-8-17)26-13-9-16(10-14-26)20-6-3-15-27-20/h1-9,11-12,15H,10,13-14H2. The molecule has 0 bridgehead atoms. The zero-order chi connectivity index (χ0) is 18.1. The van der Waals surface area contributed by atoms with E-state index in [-0.39, 0.29) is 0 Å². The maximum Gasteiger partial charge on any atom is 0.162 e. The van der Waals surface area contributed by atoms with Gasteiger partial charge in [0, 0.05) is 41.3 Å². The van der Waals surface area contributed by atoms with E-state index >= 15 is 0 Å². The van der Waals surface area contributed by atoms with E-state index < -0.39 is 0 Å². The molecule has 0 unspecified atom stereocenters. The maximum absolute atomic E-state index is 4.94. The van der Waals surface area contributed by atoms with Gasteiger partial charge in [0.2, 0.25) is 0 Å². The monoisotopic (exact) mass is 370 g/mol. The first-order chi connectivity index (χ1) is 13.4. The van der Waals surface area contributed by atoms with Gasteiger partial charge < -0.3 is 4.90 Å². The topological polar surface area (TPSA) is 41.9 Å². The summed E-state index contributed by atoms with van der Waals surface area (Å²) in [6.45, 7) is 1.82. The molecule has 1 aliphatic rings. The Kier molecular flexibility index (Phi) is 4.14. The van der Waals surface area contributed by atoms with Crippen molar-refractivity contribution < 1.29 is 0 Å². The van der Waals surface area contributed by atoms with Gasteiger partial charge in [0.05, 0.1) is 5.52 Å². The van der Waals surface area contributed by atoms with Crippen LogP contribution in [0, 0.1) is 0 Å². The van der Waals surface area contributed by atoms with Gasteiger partial charge in [0.15, 0.2) is 5.82 Å². The molecule has 0 spiro atoms. The normalized spacial score (nSPS) is 14.4. The summed E-state index contributed by atoms with van der Waals surface area (Å²) < 4.78 is 0. The first-order valence-corrected chi connectivity index (χ1v) is 9.91. The van der Waals surface area contributed by atoms with Crippen molar-refractivity contribution in [2.45, 2.75) is 6.42 Å². The minimum atomic E-state index is 0.749. The lowest BCUT2D eigenvalue weighted by Crippen LogP contribution is -2.29. The number of rotatable bonds is 3. The van der Waals surface area contributed by atoms with Crippen molar-refractivity contribution >= 4 is 33.6 Å². The highest BCUT2D eigenvalue weighted by molar-refractivity contribution is 7.11. The summed E-state index contributed by atoms with van der Waals surface area (Å²) >= 11 is 1.81. The Morgan fingerprint density at radius 2 is 1.81 bits per heavy atom. The first kappa shape index (κ1) is 16.1. The number of anilines is 1. The molecule has 0 N–H and O–H groups in total. The van der Waals surface area contributed by atoms with Crippen LogP contribution in [0.3, 0.4) is 0 Å². The number of aromatic nitrogens is 3. The van der Waals surface area contributed by atoms with Crippen LogP contribution in [0.4, 0.5) is 5.82 Å². The van der Waals surface area contributed by atoms with Gasteiger partial charge in [-0.25, -0.2) is 9.97 Å². The Morgan fingerprint density at radius 1 is 0.926 bits per heavy atom. The van der Waals surface area contributed by atoms with Gasteiger partial charge in [-0.2, -0.15) is 0 Å². The zero-order valence-corrected chi connectivity index (χ0v) is 15.6. The molecule has 1 aliphatic heterocycles. The second-order valence-corrected chi connectivity index (χ2v) is 7.47. The molecular formula is C22H18N4S. The number of pyridine rings is 1. The van der Waals surface area contributed by atoms with Gasteiger partial charge in [0.1, 0.15) is 5.82 Å². The van der Waals surface area contributed by atoms with Crippen molar-refractivity contribution in [3.8, 4) is 11.4 Å². The quantitative estimate of drug-likeness (QED) is 0.506. The largest absolute Gasteiger partial charge is 0.352 e. The molecule has 5 heteroatoms. The van der Waals surface area contributed by atoms with Crippen molar-refractivity contribution in [1.29, 1.82) is 0 Å². The molecule has 0 atom stereocenters. The Labute approximate surface area is 161 Å². The summed E-state index contributed by atoms with van der Waals surface area (Å²) in [5, 5.41) is 3.24. The molecule has 4 nitrogen and oxygen atoms in total. The number of fused-ring (bicyclic) bond motifs is 1. The molecule has 4 aromatic rings. The maximum atomic E-state index is 4.94. The molecular weight excluding hydrogens is 352 g/mol. The third-order valence-corrected chi connectivity index (χ3v) is 5.81. The molecule has 3 aromatic heterocycles. The van der Waals surface area contributed by atoms with Crippen LogP contribution in [0.1, 0.15) is 11.3 Å². The van der Waals surface area contributed by atoms with Crippen molar-refractivity contribution in [1.82, 2.24) is 15.0 Å². The van der Waals surface area contributed by atoms with Crippen LogP contribution in [-0.2, 0) is 0 Å². The number of hydrogen-bond donors (Lipinski definition) is 0. The summed E-state index contributed by atoms with van der Waals surface area (Å²) in [7, 11) is 0. The number of benzene rings is 1. The fourth-order valence-corrected chi connectivity index (χ4v) is 4.28. The summed E-state index contributed by atoms with van der Waals surface area (Å²) in [6.07, 6.45) is 6.93. The van der Waals surface area contributed by atoms with Crippen molar-refractivity contribution in [3.63, 3.8) is 0 Å². The summed E-state index contributed by atoms with van der Waals surface area (Å²) in [4.78, 5) is 17.6. The lowest BCUT2D eigenvalue weighted by Gasteiger charge is -2.28. The van der Waals surface area contributed by atoms with Gasteiger partial charge in [0.25, 0.3) is 0 Å². The minimum absolute atomic E-state index is 0.749. The zero-order valence-electron chi connectivity index (χ0n) is 14.7. The van der Waals surface area contributed by atoms with E-state index in [1.54, 1.807) is 12.4 Å². The third kappa shape index (κ3) is 3.11. The fourth-order valence-electron chi connectivity index (χ4n) is 3.48. The van der Waals surface area contributed by atoms with E-state index in [1.807, 2.05) is 29.5 Å². The molecule has 0 saturated heterocycles. The lowest BCUT2D eigenvalue weighted by molar-refractivity contribution is 0.821. The Hall–Kier alpha value is -3.05. The fraction of sp³-hybridized carbons (Fsp3) is 0.136. The van der Waals surface area contributed by atoms with Gasteiger partial charge in [-0.3, -0.25) is 4.98 Å². The highest BCUT2D eigenvalue weighted by atomic mass is 32.1. The van der Waals surface area contributed by atoms with E-state index in [0.29, 0.717) is 0 Å². The molecule has 5 rings (SSSR count). The van der Waals surface area contributed by atoms with Gasteiger partial charge in [-0.15, -0.1) is 11.3 Å². The Morgan fingerprint density at radius 3 is 2.59 bits per heavy atom. The average molecular weight is 370 g/mol. The molecule has 0 aliphatic carbocycles. The molecule has 0 fully saturated rings. The molecule has 0 radical (unpaired) electrons. The van der Waals surface area contributed by atoms with Crippen LogP contribution < -0.4 is 4.90 Å². The summed E-state index contributed by atoms with van der Waals surface area (Å²) in [6, 6.07) is 16.5. The third-order valence-electron chi connectivity index (χ3n) is 4.87. The Balaban J connectivity index is 1.56. The van der Waals surface area contributed by atoms with Gasteiger partial charge in [-0.05, 0) is 47.7 Å². The molecule has 4 heterocycles. The minimum Gasteiger partial charge on any atom is -0.352 e. The van der Waals surface area contributed by atoms with Crippen molar-refractivity contribution in [2.75, 3.05) is 18.0 Å². The SMILES string of the molecule is C1=C(c2cccs2)CCN(c2nc(-c3ccncc3)nc3ccccc23)C1. The highest BCUT2D eigenvalue weighted by Crippen LogP contribution is 2.32. The predicted molar refractivity (Wildman–Crippen MR) is 112 cm³/mol. The lowest BCUT2D eigenvalue weighted by atomic mass is 10.1. The molecule has 0 saturated carbocycles. The van der Waals surface area contributed by atoms with Crippen molar-refractivity contribution in [2.24, 2.45) is 0 Å². The van der Waals surface area contributed by atoms with Gasteiger partial charge >= 0.3 is 0 Å². The summed E-state index contributed by atoms with van der Waals surface area (Å²) in [5.74, 6) is 1.76. The van der Waals surface area contributed by atoms with Crippen LogP contribution in [0.5, 0.6) is 0 Å². The molecule has 0 amide bonds. The predicted octanol–water partition coefficient (Wildman–Crippen LogP) is 5.05. The van der Waals surface area contributed by atoms with Crippen LogP contribution in [-0.4, -0.2) is 28.0 Å². The van der Waals surface area contributed by atoms with E-state index in [4.69, 9.17) is 9.97 Å². The summed E-state index contributed by atoms with van der Waals surface area (Å²) in [5.41, 5.74) is 3.40. The van der Waals surface area contributed by atoms with E-state index in [2.05, 4.69) is 51.7 Å². The number of nitrogens with zero attached hydrogens (tertiary/aromatic N) is 4. The van der Waals surface area contributed by atoms with E-state index in [1.165, 1.54) is 10.5 Å². The highest BCUT2D eigenvalue weighted by Gasteiger charge is 2.19. The van der Waals surface area contributed by atoms with E-state index in [0.717, 1.165) is 47.6 Å². The van der Waals surface area contributed by atoms with Crippen LogP contribution in [0.25, 0.3) is 27.9 Å². The number of hydrogen-bond acceptors (Lipinski definition) is 5. The van der Waals surface area contributed by atoms with Crippen LogP contribution >= 0.6 is 11.3 Å². The second-order valence-electron chi connectivity index (χ2n) is 6.53. The van der Waals surface area contributed by atoms with Crippen LogP contribution in [0.15, 0.2) is 72.4 Å². The van der Waals surface area contributed by atoms with Crippen LogP contribution in [0.2, 0.25) is 0 Å². The average Bonchev–Trinajstić information content (AvgIpc) is 3.29. The van der Waals surface area contributed by atoms with Gasteiger partial charge in [-0.1, -0.05) is 24.3 Å². The first-order valence-electron chi connectivity index (χ1n) is 9.03. The van der Waals surface area contributed by atoms with Crippen molar-refractivity contribution in [3.05, 3.63) is 77.3 Å². The number of para-hydroxylation sites is 1.